The minimum absolute atomic E-state index is 0.0196. The van der Waals surface area contributed by atoms with Crippen LogP contribution in [0.4, 0.5) is 0 Å². The van der Waals surface area contributed by atoms with Gasteiger partial charge in [-0.05, 0) is 47.5 Å². The molecule has 9 heteroatoms. The van der Waals surface area contributed by atoms with Crippen molar-refractivity contribution in [1.29, 1.82) is 5.26 Å². The molecule has 1 heterocycles. The maximum absolute atomic E-state index is 13.2. The summed E-state index contributed by atoms with van der Waals surface area (Å²) in [5.41, 5.74) is 0. The number of sulfonamides is 1. The minimum Gasteiger partial charge on any atom is -0.383 e. The van der Waals surface area contributed by atoms with Crippen LogP contribution in [0.2, 0.25) is 0 Å². The Kier molecular flexibility index (Phi) is 6.67. The molecule has 1 saturated heterocycles. The van der Waals surface area contributed by atoms with Crippen LogP contribution < -0.4 is 0 Å². The Morgan fingerprint density at radius 2 is 2.17 bits per heavy atom. The molecule has 132 valence electrons. The fraction of sp³-hybridized carbons (Fsp3) is 0.533. The maximum Gasteiger partial charge on any atom is 0.244 e. The molecular weight excluding hydrogens is 462 g/mol. The summed E-state index contributed by atoms with van der Waals surface area (Å²) in [6.45, 7) is 2.86. The molecule has 2 rings (SSSR count). The predicted octanol–water partition coefficient (Wildman–Crippen LogP) is 2.79. The first-order valence-electron chi connectivity index (χ1n) is 7.43. The fourth-order valence-electron chi connectivity index (χ4n) is 2.83. The van der Waals surface area contributed by atoms with Crippen LogP contribution in [-0.4, -0.2) is 56.5 Å². The van der Waals surface area contributed by atoms with Gasteiger partial charge in [-0.3, -0.25) is 0 Å². The summed E-state index contributed by atoms with van der Waals surface area (Å²) in [7, 11) is -2.18. The number of likely N-dealkylation sites (tertiary alicyclic amines) is 1. The van der Waals surface area contributed by atoms with E-state index >= 15 is 0 Å². The van der Waals surface area contributed by atoms with Crippen molar-refractivity contribution in [2.75, 3.05) is 26.8 Å². The highest BCUT2D eigenvalue weighted by molar-refractivity contribution is 9.11. The molecule has 0 saturated carbocycles. The third-order valence-electron chi connectivity index (χ3n) is 4.08. The van der Waals surface area contributed by atoms with Crippen LogP contribution >= 0.6 is 31.9 Å². The van der Waals surface area contributed by atoms with Crippen LogP contribution in [-0.2, 0) is 14.8 Å². The second-order valence-corrected chi connectivity index (χ2v) is 9.30. The van der Waals surface area contributed by atoms with Gasteiger partial charge in [-0.25, -0.2) is 8.42 Å². The molecule has 24 heavy (non-hydrogen) atoms. The number of halogens is 2. The standard InChI is InChI=1S/C15H19Br2N3O3S/c1-11-7-13(9-19(11)10-18)20(5-6-23-2)24(21,22)15-8-12(16)3-4-14(15)17/h3-4,8,11,13H,5-7,9H2,1-2H3/t11-,13+/m0/s1. The highest BCUT2D eigenvalue weighted by Gasteiger charge is 2.39. The molecular formula is C15H19Br2N3O3S. The summed E-state index contributed by atoms with van der Waals surface area (Å²) in [6, 6.07) is 4.82. The van der Waals surface area contributed by atoms with Crippen molar-refractivity contribution in [3.63, 3.8) is 0 Å². The Hall–Kier alpha value is -0.660. The van der Waals surface area contributed by atoms with Gasteiger partial charge in [-0.15, -0.1) is 0 Å². The summed E-state index contributed by atoms with van der Waals surface area (Å²) in [5, 5.41) is 9.18. The quantitative estimate of drug-likeness (QED) is 0.585. The fourth-order valence-corrected chi connectivity index (χ4v) is 5.91. The molecule has 1 aromatic rings. The molecule has 0 aliphatic carbocycles. The molecule has 0 spiro atoms. The van der Waals surface area contributed by atoms with Crippen molar-refractivity contribution < 1.29 is 13.2 Å². The summed E-state index contributed by atoms with van der Waals surface area (Å²) in [6.07, 6.45) is 2.74. The zero-order chi connectivity index (χ0) is 17.9. The number of hydrogen-bond donors (Lipinski definition) is 0. The van der Waals surface area contributed by atoms with Crippen LogP contribution in [0.15, 0.2) is 32.0 Å². The van der Waals surface area contributed by atoms with E-state index in [0.29, 0.717) is 28.5 Å². The van der Waals surface area contributed by atoms with E-state index in [4.69, 9.17) is 4.74 Å². The molecule has 2 atom stereocenters. The van der Waals surface area contributed by atoms with Gasteiger partial charge >= 0.3 is 0 Å². The molecule has 1 aromatic carbocycles. The van der Waals surface area contributed by atoms with E-state index < -0.39 is 10.0 Å². The Labute approximate surface area is 159 Å². The summed E-state index contributed by atoms with van der Waals surface area (Å²) in [5.74, 6) is 0. The lowest BCUT2D eigenvalue weighted by atomic mass is 10.2. The third-order valence-corrected chi connectivity index (χ3v) is 7.52. The van der Waals surface area contributed by atoms with Gasteiger partial charge in [-0.1, -0.05) is 15.9 Å². The first kappa shape index (κ1) is 19.7. The molecule has 0 N–H and O–H groups in total. The monoisotopic (exact) mass is 479 g/mol. The normalized spacial score (nSPS) is 21.2. The number of hydrogen-bond acceptors (Lipinski definition) is 5. The second kappa shape index (κ2) is 8.15. The predicted molar refractivity (Wildman–Crippen MR) is 97.8 cm³/mol. The van der Waals surface area contributed by atoms with Gasteiger partial charge in [-0.2, -0.15) is 9.57 Å². The molecule has 0 unspecified atom stereocenters. The molecule has 1 aliphatic heterocycles. The molecule has 1 fully saturated rings. The van der Waals surface area contributed by atoms with Crippen molar-refractivity contribution in [3.8, 4) is 6.19 Å². The maximum atomic E-state index is 13.2. The zero-order valence-corrected chi connectivity index (χ0v) is 17.4. The Morgan fingerprint density at radius 1 is 1.46 bits per heavy atom. The Morgan fingerprint density at radius 3 is 2.75 bits per heavy atom. The highest BCUT2D eigenvalue weighted by atomic mass is 79.9. The van der Waals surface area contributed by atoms with Crippen molar-refractivity contribution in [2.24, 2.45) is 0 Å². The number of methoxy groups -OCH3 is 1. The van der Waals surface area contributed by atoms with Gasteiger partial charge in [0.25, 0.3) is 0 Å². The van der Waals surface area contributed by atoms with E-state index in [2.05, 4.69) is 38.1 Å². The average molecular weight is 481 g/mol. The lowest BCUT2D eigenvalue weighted by Gasteiger charge is -2.28. The molecule has 0 radical (unpaired) electrons. The van der Waals surface area contributed by atoms with E-state index in [1.54, 1.807) is 30.2 Å². The third kappa shape index (κ3) is 4.11. The second-order valence-electron chi connectivity index (χ2n) is 5.67. The van der Waals surface area contributed by atoms with Crippen molar-refractivity contribution >= 4 is 41.9 Å². The van der Waals surface area contributed by atoms with E-state index in [9.17, 15) is 13.7 Å². The minimum atomic E-state index is -3.72. The van der Waals surface area contributed by atoms with Crippen LogP contribution in [0, 0.1) is 11.5 Å². The smallest absolute Gasteiger partial charge is 0.244 e. The highest BCUT2D eigenvalue weighted by Crippen LogP contribution is 2.32. The van der Waals surface area contributed by atoms with Crippen LogP contribution in [0.5, 0.6) is 0 Å². The molecule has 0 bridgehead atoms. The number of ether oxygens (including phenoxy) is 1. The van der Waals surface area contributed by atoms with E-state index in [-0.39, 0.29) is 23.5 Å². The summed E-state index contributed by atoms with van der Waals surface area (Å²) < 4.78 is 34.2. The van der Waals surface area contributed by atoms with E-state index in [1.807, 2.05) is 6.92 Å². The summed E-state index contributed by atoms with van der Waals surface area (Å²) in [4.78, 5) is 1.83. The van der Waals surface area contributed by atoms with Crippen molar-refractivity contribution in [1.82, 2.24) is 9.21 Å². The lowest BCUT2D eigenvalue weighted by Crippen LogP contribution is -2.43. The molecule has 1 aliphatic rings. The van der Waals surface area contributed by atoms with Crippen LogP contribution in [0.1, 0.15) is 13.3 Å². The van der Waals surface area contributed by atoms with Gasteiger partial charge in [0.2, 0.25) is 10.0 Å². The molecule has 0 amide bonds. The molecule has 0 aromatic heterocycles. The SMILES string of the molecule is COCCN([C@@H]1C[C@H](C)N(C#N)C1)S(=O)(=O)c1cc(Br)ccc1Br. The average Bonchev–Trinajstić information content (AvgIpc) is 2.90. The van der Waals surface area contributed by atoms with Gasteiger partial charge in [0, 0.05) is 41.2 Å². The largest absolute Gasteiger partial charge is 0.383 e. The Balaban J connectivity index is 2.40. The topological polar surface area (TPSA) is 73.6 Å². The van der Waals surface area contributed by atoms with Crippen molar-refractivity contribution in [3.05, 3.63) is 27.1 Å². The van der Waals surface area contributed by atoms with Gasteiger partial charge in [0.1, 0.15) is 0 Å². The van der Waals surface area contributed by atoms with Crippen LogP contribution in [0.25, 0.3) is 0 Å². The van der Waals surface area contributed by atoms with Crippen LogP contribution in [0.3, 0.4) is 0 Å². The first-order chi connectivity index (χ1) is 11.3. The molecule has 6 nitrogen and oxygen atoms in total. The summed E-state index contributed by atoms with van der Waals surface area (Å²) >= 11 is 6.65. The van der Waals surface area contributed by atoms with Gasteiger partial charge < -0.3 is 9.64 Å². The lowest BCUT2D eigenvalue weighted by molar-refractivity contribution is 0.167. The van der Waals surface area contributed by atoms with Gasteiger partial charge in [0.05, 0.1) is 11.5 Å². The number of nitriles is 1. The van der Waals surface area contributed by atoms with Gasteiger partial charge in [0.15, 0.2) is 6.19 Å². The Bertz CT molecular complexity index is 736. The first-order valence-corrected chi connectivity index (χ1v) is 10.5. The number of benzene rings is 1. The van der Waals surface area contributed by atoms with E-state index in [1.165, 1.54) is 4.31 Å². The number of nitrogens with zero attached hydrogens (tertiary/aromatic N) is 3. The zero-order valence-electron chi connectivity index (χ0n) is 13.4. The number of rotatable bonds is 6. The van der Waals surface area contributed by atoms with E-state index in [0.717, 1.165) is 0 Å². The van der Waals surface area contributed by atoms with Crippen molar-refractivity contribution in [2.45, 2.75) is 30.3 Å².